The fraction of sp³-hybridized carbons (Fsp3) is 0.667. The fourth-order valence-corrected chi connectivity index (χ4v) is 3.72. The Morgan fingerprint density at radius 3 is 2.40 bits per heavy atom. The minimum Gasteiger partial charge on any atom is -0.292 e. The van der Waals surface area contributed by atoms with E-state index in [1.807, 2.05) is 0 Å². The summed E-state index contributed by atoms with van der Waals surface area (Å²) in [6, 6.07) is 0. The molecule has 1 saturated heterocycles. The first-order valence-electron chi connectivity index (χ1n) is 6.54. The number of hydrogen-bond acceptors (Lipinski definition) is 6. The molecule has 2 rings (SSSR count). The number of aromatic nitrogens is 2. The zero-order chi connectivity index (χ0) is 15.0. The maximum atomic E-state index is 12.5. The van der Waals surface area contributed by atoms with E-state index in [2.05, 4.69) is 36.2 Å². The van der Waals surface area contributed by atoms with Gasteiger partial charge >= 0.3 is 0 Å². The van der Waals surface area contributed by atoms with E-state index in [4.69, 9.17) is 5.84 Å². The summed E-state index contributed by atoms with van der Waals surface area (Å²) >= 11 is 0. The van der Waals surface area contributed by atoms with Crippen molar-refractivity contribution in [1.29, 1.82) is 0 Å². The van der Waals surface area contributed by atoms with Gasteiger partial charge in [0.15, 0.2) is 0 Å². The predicted octanol–water partition coefficient (Wildman–Crippen LogP) is 0.819. The van der Waals surface area contributed by atoms with E-state index in [1.165, 1.54) is 16.7 Å². The molecular weight excluding hydrogens is 278 g/mol. The fourth-order valence-electron chi connectivity index (χ4n) is 2.33. The summed E-state index contributed by atoms with van der Waals surface area (Å²) in [5, 5.41) is 0. The van der Waals surface area contributed by atoms with Crippen molar-refractivity contribution in [2.45, 2.75) is 32.1 Å². The van der Waals surface area contributed by atoms with Crippen LogP contribution < -0.4 is 11.3 Å². The molecule has 1 aromatic heterocycles. The Balaban J connectivity index is 2.19. The van der Waals surface area contributed by atoms with E-state index in [1.54, 1.807) is 0 Å². The molecule has 112 valence electrons. The number of rotatable bonds is 3. The normalized spacial score (nSPS) is 21.1. The van der Waals surface area contributed by atoms with Gasteiger partial charge in [-0.25, -0.2) is 24.2 Å². The molecule has 1 unspecified atom stereocenters. The van der Waals surface area contributed by atoms with Crippen molar-refractivity contribution in [3.8, 4) is 0 Å². The highest BCUT2D eigenvalue weighted by atomic mass is 32.2. The summed E-state index contributed by atoms with van der Waals surface area (Å²) < 4.78 is 26.5. The largest absolute Gasteiger partial charge is 0.292 e. The lowest BCUT2D eigenvalue weighted by Gasteiger charge is -2.26. The predicted molar refractivity (Wildman–Crippen MR) is 76.2 cm³/mol. The Morgan fingerprint density at radius 1 is 1.35 bits per heavy atom. The topological polar surface area (TPSA) is 101 Å². The first kappa shape index (κ1) is 15.1. The van der Waals surface area contributed by atoms with Gasteiger partial charge in [0.05, 0.1) is 12.4 Å². The van der Waals surface area contributed by atoms with Crippen molar-refractivity contribution in [3.05, 3.63) is 12.4 Å². The van der Waals surface area contributed by atoms with Crippen molar-refractivity contribution < 1.29 is 8.42 Å². The van der Waals surface area contributed by atoms with Gasteiger partial charge in [-0.15, -0.1) is 0 Å². The Hall–Kier alpha value is -1.25. The van der Waals surface area contributed by atoms with Crippen LogP contribution in [0.4, 0.5) is 5.95 Å². The van der Waals surface area contributed by atoms with Crippen molar-refractivity contribution in [1.82, 2.24) is 14.3 Å². The molecule has 7 nitrogen and oxygen atoms in total. The molecule has 0 amide bonds. The highest BCUT2D eigenvalue weighted by molar-refractivity contribution is 7.89. The van der Waals surface area contributed by atoms with Crippen molar-refractivity contribution in [2.24, 2.45) is 17.2 Å². The van der Waals surface area contributed by atoms with Crippen LogP contribution in [0.25, 0.3) is 0 Å². The maximum Gasteiger partial charge on any atom is 0.246 e. The summed E-state index contributed by atoms with van der Waals surface area (Å²) in [6.07, 6.45) is 3.44. The monoisotopic (exact) mass is 299 g/mol. The summed E-state index contributed by atoms with van der Waals surface area (Å²) in [4.78, 5) is 7.80. The quantitative estimate of drug-likeness (QED) is 0.633. The molecule has 1 aromatic rings. The molecule has 1 aliphatic rings. The maximum absolute atomic E-state index is 12.5. The van der Waals surface area contributed by atoms with E-state index in [0.717, 1.165) is 6.42 Å². The Bertz CT molecular complexity index is 565. The number of hydrogen-bond donors (Lipinski definition) is 2. The van der Waals surface area contributed by atoms with Crippen LogP contribution in [0.1, 0.15) is 27.2 Å². The minimum absolute atomic E-state index is 0.103. The molecule has 0 aliphatic carbocycles. The zero-order valence-corrected chi connectivity index (χ0v) is 12.8. The standard InChI is InChI=1S/C12H21N5O2S/c1-12(2,3)9-4-5-17(8-9)20(18,19)10-6-14-11(16-13)15-7-10/h6-7,9H,4-5,8,13H2,1-3H3,(H,14,15,16). The van der Waals surface area contributed by atoms with Gasteiger partial charge in [-0.1, -0.05) is 20.8 Å². The lowest BCUT2D eigenvalue weighted by Crippen LogP contribution is -2.31. The van der Waals surface area contributed by atoms with Crippen LogP contribution in [0.3, 0.4) is 0 Å². The van der Waals surface area contributed by atoms with Crippen LogP contribution in [-0.4, -0.2) is 35.8 Å². The van der Waals surface area contributed by atoms with Gasteiger partial charge < -0.3 is 0 Å². The Morgan fingerprint density at radius 2 is 1.95 bits per heavy atom. The number of nitrogens with zero attached hydrogens (tertiary/aromatic N) is 3. The summed E-state index contributed by atoms with van der Waals surface area (Å²) in [5.74, 6) is 5.72. The third-order valence-corrected chi connectivity index (χ3v) is 5.59. The molecule has 3 N–H and O–H groups in total. The molecule has 8 heteroatoms. The average Bonchev–Trinajstić information content (AvgIpc) is 2.89. The van der Waals surface area contributed by atoms with Crippen molar-refractivity contribution >= 4 is 16.0 Å². The summed E-state index contributed by atoms with van der Waals surface area (Å²) in [5.41, 5.74) is 2.38. The highest BCUT2D eigenvalue weighted by Crippen LogP contribution is 2.35. The van der Waals surface area contributed by atoms with E-state index < -0.39 is 10.0 Å². The van der Waals surface area contributed by atoms with Crippen LogP contribution in [0.2, 0.25) is 0 Å². The molecule has 1 fully saturated rings. The lowest BCUT2D eigenvalue weighted by molar-refractivity contribution is 0.252. The second kappa shape index (κ2) is 5.27. The Labute approximate surface area is 119 Å². The van der Waals surface area contributed by atoms with E-state index >= 15 is 0 Å². The molecule has 1 aliphatic heterocycles. The van der Waals surface area contributed by atoms with Crippen molar-refractivity contribution in [3.63, 3.8) is 0 Å². The molecule has 0 saturated carbocycles. The van der Waals surface area contributed by atoms with Gasteiger partial charge in [0.2, 0.25) is 16.0 Å². The van der Waals surface area contributed by atoms with E-state index in [-0.39, 0.29) is 16.3 Å². The number of hydrazine groups is 1. The van der Waals surface area contributed by atoms with Crippen LogP contribution in [0.5, 0.6) is 0 Å². The van der Waals surface area contributed by atoms with Crippen LogP contribution in [0.15, 0.2) is 17.3 Å². The highest BCUT2D eigenvalue weighted by Gasteiger charge is 2.37. The number of nitrogens with one attached hydrogen (secondary N) is 1. The molecule has 2 heterocycles. The SMILES string of the molecule is CC(C)(C)C1CCN(S(=O)(=O)c2cnc(NN)nc2)C1. The molecule has 20 heavy (non-hydrogen) atoms. The molecular formula is C12H21N5O2S. The lowest BCUT2D eigenvalue weighted by atomic mass is 9.80. The van der Waals surface area contributed by atoms with E-state index in [0.29, 0.717) is 19.0 Å². The third-order valence-electron chi connectivity index (χ3n) is 3.77. The molecule has 0 bridgehead atoms. The number of sulfonamides is 1. The summed E-state index contributed by atoms with van der Waals surface area (Å²) in [6.45, 7) is 7.50. The summed E-state index contributed by atoms with van der Waals surface area (Å²) in [7, 11) is -3.52. The van der Waals surface area contributed by atoms with Gasteiger partial charge in [-0.05, 0) is 17.8 Å². The van der Waals surface area contributed by atoms with Gasteiger partial charge in [-0.2, -0.15) is 4.31 Å². The first-order chi connectivity index (χ1) is 9.25. The molecule has 0 radical (unpaired) electrons. The van der Waals surface area contributed by atoms with E-state index in [9.17, 15) is 8.42 Å². The van der Waals surface area contributed by atoms with Crippen molar-refractivity contribution in [2.75, 3.05) is 18.5 Å². The third kappa shape index (κ3) is 2.92. The average molecular weight is 299 g/mol. The number of anilines is 1. The van der Waals surface area contributed by atoms with Crippen LogP contribution in [0, 0.1) is 11.3 Å². The second-order valence-corrected chi connectivity index (χ2v) is 8.04. The number of nitrogens with two attached hydrogens (primary N) is 1. The molecule has 0 spiro atoms. The number of nitrogen functional groups attached to an aromatic ring is 1. The minimum atomic E-state index is -3.52. The van der Waals surface area contributed by atoms with Gasteiger partial charge in [0.25, 0.3) is 0 Å². The van der Waals surface area contributed by atoms with Crippen LogP contribution in [-0.2, 0) is 10.0 Å². The van der Waals surface area contributed by atoms with Crippen LogP contribution >= 0.6 is 0 Å². The van der Waals surface area contributed by atoms with Gasteiger partial charge in [0.1, 0.15) is 4.90 Å². The smallest absolute Gasteiger partial charge is 0.246 e. The first-order valence-corrected chi connectivity index (χ1v) is 7.98. The second-order valence-electron chi connectivity index (χ2n) is 6.10. The van der Waals surface area contributed by atoms with Gasteiger partial charge in [0, 0.05) is 13.1 Å². The van der Waals surface area contributed by atoms with Gasteiger partial charge in [-0.3, -0.25) is 5.43 Å². The molecule has 1 atom stereocenters. The Kier molecular flexibility index (Phi) is 3.99. The zero-order valence-electron chi connectivity index (χ0n) is 12.0. The molecule has 0 aromatic carbocycles.